The fourth-order valence-corrected chi connectivity index (χ4v) is 2.11. The lowest BCUT2D eigenvalue weighted by atomic mass is 9.91. The van der Waals surface area contributed by atoms with Gasteiger partial charge in [-0.3, -0.25) is 4.79 Å². The molecule has 18 heavy (non-hydrogen) atoms. The van der Waals surface area contributed by atoms with Gasteiger partial charge in [-0.25, -0.2) is 0 Å². The van der Waals surface area contributed by atoms with Crippen LogP contribution in [0.5, 0.6) is 0 Å². The van der Waals surface area contributed by atoms with Gasteiger partial charge >= 0.3 is 12.1 Å². The summed E-state index contributed by atoms with van der Waals surface area (Å²) in [4.78, 5) is 10.9. The highest BCUT2D eigenvalue weighted by molar-refractivity contribution is 5.97. The molecular formula is C12H13F3N2O. The molecule has 0 heterocycles. The fraction of sp³-hybridized carbons (Fsp3) is 0.417. The highest BCUT2D eigenvalue weighted by Crippen LogP contribution is 2.30. The second kappa shape index (κ2) is 4.51. The van der Waals surface area contributed by atoms with E-state index in [1.165, 1.54) is 0 Å². The molecule has 98 valence electrons. The maximum atomic E-state index is 12.2. The van der Waals surface area contributed by atoms with Crippen LogP contribution in [0.1, 0.15) is 24.0 Å². The number of aryl methyl sites for hydroxylation is 2. The van der Waals surface area contributed by atoms with Crippen molar-refractivity contribution in [3.05, 3.63) is 23.3 Å². The minimum atomic E-state index is -4.90. The van der Waals surface area contributed by atoms with Crippen molar-refractivity contribution < 1.29 is 18.0 Å². The zero-order chi connectivity index (χ0) is 13.3. The van der Waals surface area contributed by atoms with Crippen molar-refractivity contribution in [3.63, 3.8) is 0 Å². The van der Waals surface area contributed by atoms with E-state index in [9.17, 15) is 18.0 Å². The van der Waals surface area contributed by atoms with Gasteiger partial charge in [-0.15, -0.1) is 0 Å². The molecule has 0 bridgehead atoms. The first-order valence-corrected chi connectivity index (χ1v) is 5.67. The molecule has 1 aromatic carbocycles. The average Bonchev–Trinajstić information content (AvgIpc) is 2.28. The van der Waals surface area contributed by atoms with E-state index in [0.717, 1.165) is 36.8 Å². The van der Waals surface area contributed by atoms with E-state index >= 15 is 0 Å². The Morgan fingerprint density at radius 3 is 2.28 bits per heavy atom. The number of nitrogen functional groups attached to an aromatic ring is 1. The minimum Gasteiger partial charge on any atom is -0.397 e. The van der Waals surface area contributed by atoms with E-state index in [1.807, 2.05) is 5.32 Å². The number of nitrogens with two attached hydrogens (primary N) is 1. The van der Waals surface area contributed by atoms with E-state index in [2.05, 4.69) is 0 Å². The van der Waals surface area contributed by atoms with Gasteiger partial charge in [0.05, 0.1) is 11.4 Å². The second-order valence-electron chi connectivity index (χ2n) is 4.37. The van der Waals surface area contributed by atoms with E-state index < -0.39 is 12.1 Å². The quantitative estimate of drug-likeness (QED) is 0.761. The van der Waals surface area contributed by atoms with Gasteiger partial charge in [0.15, 0.2) is 0 Å². The SMILES string of the molecule is Nc1cc2c(cc1NC(=O)C(F)(F)F)CCCC2. The number of rotatable bonds is 1. The van der Waals surface area contributed by atoms with Gasteiger partial charge in [0.1, 0.15) is 0 Å². The summed E-state index contributed by atoms with van der Waals surface area (Å²) < 4.78 is 36.5. The molecule has 0 spiro atoms. The van der Waals surface area contributed by atoms with Crippen LogP contribution < -0.4 is 11.1 Å². The van der Waals surface area contributed by atoms with E-state index in [4.69, 9.17) is 5.73 Å². The third kappa shape index (κ3) is 2.57. The summed E-state index contributed by atoms with van der Waals surface area (Å²) in [5, 5.41) is 1.81. The standard InChI is InChI=1S/C12H13F3N2O/c13-12(14,15)11(18)17-10-6-8-4-2-1-3-7(8)5-9(10)16/h5-6H,1-4,16H2,(H,17,18). The lowest BCUT2D eigenvalue weighted by Crippen LogP contribution is -2.30. The van der Waals surface area contributed by atoms with Gasteiger partial charge in [-0.2, -0.15) is 13.2 Å². The Kier molecular flexibility index (Phi) is 3.19. The van der Waals surface area contributed by atoms with Crippen LogP contribution in [0, 0.1) is 0 Å². The molecule has 0 saturated heterocycles. The Morgan fingerprint density at radius 1 is 1.17 bits per heavy atom. The number of amides is 1. The van der Waals surface area contributed by atoms with Crippen molar-refractivity contribution in [1.29, 1.82) is 0 Å². The van der Waals surface area contributed by atoms with Crippen LogP contribution in [-0.2, 0) is 17.6 Å². The summed E-state index contributed by atoms with van der Waals surface area (Å²) in [5.74, 6) is -2.00. The number of hydrogen-bond donors (Lipinski definition) is 2. The number of fused-ring (bicyclic) bond motifs is 1. The number of nitrogens with one attached hydrogen (secondary N) is 1. The van der Waals surface area contributed by atoms with Crippen LogP contribution in [0.15, 0.2) is 12.1 Å². The normalized spacial score (nSPS) is 15.1. The molecule has 0 saturated carbocycles. The molecule has 6 heteroatoms. The molecule has 1 aliphatic carbocycles. The summed E-state index contributed by atoms with van der Waals surface area (Å²) >= 11 is 0. The molecule has 3 N–H and O–H groups in total. The van der Waals surface area contributed by atoms with Crippen LogP contribution in [0.2, 0.25) is 0 Å². The zero-order valence-electron chi connectivity index (χ0n) is 9.60. The van der Waals surface area contributed by atoms with Crippen molar-refractivity contribution in [1.82, 2.24) is 0 Å². The zero-order valence-corrected chi connectivity index (χ0v) is 9.60. The molecular weight excluding hydrogens is 245 g/mol. The molecule has 2 rings (SSSR count). The Hall–Kier alpha value is -1.72. The van der Waals surface area contributed by atoms with Gasteiger partial charge in [0, 0.05) is 0 Å². The fourth-order valence-electron chi connectivity index (χ4n) is 2.11. The van der Waals surface area contributed by atoms with Crippen LogP contribution in [-0.4, -0.2) is 12.1 Å². The monoisotopic (exact) mass is 258 g/mol. The predicted octanol–water partition coefficient (Wildman–Crippen LogP) is 2.65. The van der Waals surface area contributed by atoms with Crippen LogP contribution in [0.3, 0.4) is 0 Å². The first-order chi connectivity index (χ1) is 8.38. The maximum Gasteiger partial charge on any atom is 0.471 e. The number of hydrogen-bond acceptors (Lipinski definition) is 2. The lowest BCUT2D eigenvalue weighted by Gasteiger charge is -2.19. The summed E-state index contributed by atoms with van der Waals surface area (Å²) in [5.41, 5.74) is 7.89. The van der Waals surface area contributed by atoms with Crippen molar-refractivity contribution in [2.45, 2.75) is 31.9 Å². The van der Waals surface area contributed by atoms with E-state index in [-0.39, 0.29) is 11.4 Å². The molecule has 0 fully saturated rings. The molecule has 1 aliphatic rings. The first kappa shape index (κ1) is 12.7. The predicted molar refractivity (Wildman–Crippen MR) is 62.2 cm³/mol. The van der Waals surface area contributed by atoms with Gasteiger partial charge in [-0.1, -0.05) is 0 Å². The largest absolute Gasteiger partial charge is 0.471 e. The molecule has 0 radical (unpaired) electrons. The van der Waals surface area contributed by atoms with Crippen molar-refractivity contribution >= 4 is 17.3 Å². The van der Waals surface area contributed by atoms with Gasteiger partial charge < -0.3 is 11.1 Å². The maximum absolute atomic E-state index is 12.2. The first-order valence-electron chi connectivity index (χ1n) is 5.67. The highest BCUT2D eigenvalue weighted by atomic mass is 19.4. The van der Waals surface area contributed by atoms with Gasteiger partial charge in [0.2, 0.25) is 0 Å². The topological polar surface area (TPSA) is 55.1 Å². The molecule has 3 nitrogen and oxygen atoms in total. The van der Waals surface area contributed by atoms with Gasteiger partial charge in [0.25, 0.3) is 0 Å². The van der Waals surface area contributed by atoms with Crippen LogP contribution in [0.4, 0.5) is 24.5 Å². The van der Waals surface area contributed by atoms with Crippen LogP contribution in [0.25, 0.3) is 0 Å². The number of benzene rings is 1. The third-order valence-corrected chi connectivity index (χ3v) is 3.02. The number of carbonyl (C=O) groups is 1. The number of anilines is 2. The number of halogens is 3. The Bertz CT molecular complexity index is 483. The van der Waals surface area contributed by atoms with E-state index in [0.29, 0.717) is 0 Å². The second-order valence-corrected chi connectivity index (χ2v) is 4.37. The molecule has 0 unspecified atom stereocenters. The van der Waals surface area contributed by atoms with Crippen molar-refractivity contribution in [2.75, 3.05) is 11.1 Å². The molecule has 1 aromatic rings. The summed E-state index contributed by atoms with van der Waals surface area (Å²) in [6.45, 7) is 0. The lowest BCUT2D eigenvalue weighted by molar-refractivity contribution is -0.167. The summed E-state index contributed by atoms with van der Waals surface area (Å²) in [6.07, 6.45) is -1.15. The summed E-state index contributed by atoms with van der Waals surface area (Å²) in [6, 6.07) is 3.20. The van der Waals surface area contributed by atoms with Crippen molar-refractivity contribution in [3.8, 4) is 0 Å². The number of carbonyl (C=O) groups excluding carboxylic acids is 1. The smallest absolute Gasteiger partial charge is 0.397 e. The average molecular weight is 258 g/mol. The molecule has 0 atom stereocenters. The van der Waals surface area contributed by atoms with E-state index in [1.54, 1.807) is 12.1 Å². The highest BCUT2D eigenvalue weighted by Gasteiger charge is 2.39. The Labute approximate surface area is 102 Å². The third-order valence-electron chi connectivity index (χ3n) is 3.02. The Morgan fingerprint density at radius 2 is 1.72 bits per heavy atom. The molecule has 0 aliphatic heterocycles. The van der Waals surface area contributed by atoms with Gasteiger partial charge in [-0.05, 0) is 48.9 Å². The molecule has 0 aromatic heterocycles. The van der Waals surface area contributed by atoms with Crippen molar-refractivity contribution in [2.24, 2.45) is 0 Å². The minimum absolute atomic E-state index is 0.0398. The Balaban J connectivity index is 2.26. The van der Waals surface area contributed by atoms with Crippen LogP contribution >= 0.6 is 0 Å². The number of alkyl halides is 3. The summed E-state index contributed by atoms with van der Waals surface area (Å²) in [7, 11) is 0. The molecule has 1 amide bonds.